The highest BCUT2D eigenvalue weighted by molar-refractivity contribution is 5.92. The van der Waals surface area contributed by atoms with Crippen molar-refractivity contribution >= 4 is 11.9 Å². The fraction of sp³-hybridized carbons (Fsp3) is 0.267. The van der Waals surface area contributed by atoms with Gasteiger partial charge in [0.2, 0.25) is 5.95 Å². The minimum absolute atomic E-state index is 0.398. The van der Waals surface area contributed by atoms with Crippen molar-refractivity contribution in [3.05, 3.63) is 47.3 Å². The van der Waals surface area contributed by atoms with Crippen LogP contribution >= 0.6 is 0 Å². The highest BCUT2D eigenvalue weighted by atomic mass is 16.5. The van der Waals surface area contributed by atoms with Crippen LogP contribution < -0.4 is 10.1 Å². The molecule has 0 saturated carbocycles. The number of hydrogen-bond acceptors (Lipinski definition) is 6. The lowest BCUT2D eigenvalue weighted by Gasteiger charge is -2.10. The normalized spacial score (nSPS) is 10.0. The second kappa shape index (κ2) is 6.69. The maximum absolute atomic E-state index is 11.6. The van der Waals surface area contributed by atoms with Crippen LogP contribution in [-0.2, 0) is 11.3 Å². The van der Waals surface area contributed by atoms with Crippen LogP contribution in [0, 0.1) is 6.92 Å². The highest BCUT2D eigenvalue weighted by Crippen LogP contribution is 2.21. The van der Waals surface area contributed by atoms with Gasteiger partial charge in [0.25, 0.3) is 0 Å². The Bertz CT molecular complexity index is 627. The molecule has 0 bridgehead atoms. The fourth-order valence-corrected chi connectivity index (χ4v) is 1.79. The molecule has 110 valence electrons. The Hall–Kier alpha value is -2.63. The first-order chi connectivity index (χ1) is 10.1. The number of hydrogen-bond donors (Lipinski definition) is 1. The Labute approximate surface area is 123 Å². The lowest BCUT2D eigenvalue weighted by molar-refractivity contribution is 0.0597. The van der Waals surface area contributed by atoms with Gasteiger partial charge >= 0.3 is 5.97 Å². The maximum atomic E-state index is 11.6. The molecule has 0 aliphatic heterocycles. The molecular formula is C15H17N3O3. The Kier molecular flexibility index (Phi) is 4.71. The largest absolute Gasteiger partial charge is 0.496 e. The summed E-state index contributed by atoms with van der Waals surface area (Å²) in [5.74, 6) is 0.607. The molecule has 1 N–H and O–H groups in total. The molecular weight excluding hydrogens is 270 g/mol. The molecule has 6 heteroatoms. The number of nitrogens with one attached hydrogen (secondary N) is 1. The van der Waals surface area contributed by atoms with Crippen molar-refractivity contribution < 1.29 is 14.3 Å². The average Bonchev–Trinajstić information content (AvgIpc) is 2.53. The van der Waals surface area contributed by atoms with Crippen LogP contribution in [-0.4, -0.2) is 30.2 Å². The molecule has 0 amide bonds. The molecule has 2 aromatic rings. The van der Waals surface area contributed by atoms with Crippen molar-refractivity contribution in [3.63, 3.8) is 0 Å². The number of methoxy groups -OCH3 is 2. The first kappa shape index (κ1) is 14.8. The topological polar surface area (TPSA) is 73.3 Å². The van der Waals surface area contributed by atoms with E-state index in [1.165, 1.54) is 14.2 Å². The van der Waals surface area contributed by atoms with Crippen LogP contribution in [0.15, 0.2) is 30.6 Å². The summed E-state index contributed by atoms with van der Waals surface area (Å²) in [4.78, 5) is 19.9. The van der Waals surface area contributed by atoms with Crippen molar-refractivity contribution in [1.82, 2.24) is 9.97 Å². The molecule has 6 nitrogen and oxygen atoms in total. The summed E-state index contributed by atoms with van der Waals surface area (Å²) in [6, 6.07) is 5.29. The summed E-state index contributed by atoms with van der Waals surface area (Å²) in [5.41, 5.74) is 2.35. The molecule has 0 radical (unpaired) electrons. The van der Waals surface area contributed by atoms with Gasteiger partial charge in [0.05, 0.1) is 14.2 Å². The predicted octanol–water partition coefficient (Wildman–Crippen LogP) is 2.19. The lowest BCUT2D eigenvalue weighted by Crippen LogP contribution is -2.07. The van der Waals surface area contributed by atoms with Gasteiger partial charge in [-0.25, -0.2) is 14.8 Å². The number of ether oxygens (including phenoxy) is 2. The van der Waals surface area contributed by atoms with E-state index in [4.69, 9.17) is 9.47 Å². The first-order valence-corrected chi connectivity index (χ1v) is 6.41. The number of rotatable bonds is 5. The minimum atomic E-state index is -0.423. The van der Waals surface area contributed by atoms with E-state index >= 15 is 0 Å². The first-order valence-electron chi connectivity index (χ1n) is 6.41. The van der Waals surface area contributed by atoms with Crippen LogP contribution in [0.3, 0.4) is 0 Å². The average molecular weight is 287 g/mol. The van der Waals surface area contributed by atoms with Gasteiger partial charge < -0.3 is 14.8 Å². The molecule has 21 heavy (non-hydrogen) atoms. The minimum Gasteiger partial charge on any atom is -0.496 e. The third kappa shape index (κ3) is 3.68. The molecule has 1 aromatic carbocycles. The third-order valence-electron chi connectivity index (χ3n) is 2.90. The molecule has 0 spiro atoms. The summed E-state index contributed by atoms with van der Waals surface area (Å²) in [7, 11) is 2.86. The summed E-state index contributed by atoms with van der Waals surface area (Å²) in [5, 5.41) is 3.11. The number of nitrogens with zero attached hydrogens (tertiary/aromatic N) is 2. The van der Waals surface area contributed by atoms with E-state index in [1.54, 1.807) is 24.5 Å². The van der Waals surface area contributed by atoms with E-state index in [0.717, 1.165) is 11.1 Å². The number of benzene rings is 1. The molecule has 0 saturated heterocycles. The van der Waals surface area contributed by atoms with Crippen LogP contribution in [0.5, 0.6) is 5.75 Å². The second-order valence-corrected chi connectivity index (χ2v) is 4.46. The molecule has 2 rings (SSSR count). The van der Waals surface area contributed by atoms with Crippen molar-refractivity contribution in [2.45, 2.75) is 13.5 Å². The van der Waals surface area contributed by atoms with Crippen molar-refractivity contribution in [2.75, 3.05) is 19.5 Å². The van der Waals surface area contributed by atoms with Crippen LogP contribution in [0.2, 0.25) is 0 Å². The summed E-state index contributed by atoms with van der Waals surface area (Å²) in [6.45, 7) is 2.46. The molecule has 1 heterocycles. The van der Waals surface area contributed by atoms with E-state index < -0.39 is 5.97 Å². The smallest absolute Gasteiger partial charge is 0.341 e. The zero-order chi connectivity index (χ0) is 15.2. The van der Waals surface area contributed by atoms with Crippen LogP contribution in [0.4, 0.5) is 5.95 Å². The zero-order valence-corrected chi connectivity index (χ0v) is 12.2. The number of aryl methyl sites for hydroxylation is 1. The molecule has 0 unspecified atom stereocenters. The Morgan fingerprint density at radius 1 is 1.24 bits per heavy atom. The summed E-state index contributed by atoms with van der Waals surface area (Å²) < 4.78 is 9.92. The number of aromatic nitrogens is 2. The van der Waals surface area contributed by atoms with E-state index in [-0.39, 0.29) is 0 Å². The zero-order valence-electron chi connectivity index (χ0n) is 12.2. The van der Waals surface area contributed by atoms with Gasteiger partial charge in [-0.2, -0.15) is 0 Å². The molecule has 0 atom stereocenters. The highest BCUT2D eigenvalue weighted by Gasteiger charge is 2.13. The van der Waals surface area contributed by atoms with Crippen LogP contribution in [0.1, 0.15) is 21.5 Å². The van der Waals surface area contributed by atoms with Gasteiger partial charge in [0, 0.05) is 18.9 Å². The maximum Gasteiger partial charge on any atom is 0.341 e. The Balaban J connectivity index is 2.10. The molecule has 0 aliphatic carbocycles. The van der Waals surface area contributed by atoms with Gasteiger partial charge in [-0.15, -0.1) is 0 Å². The van der Waals surface area contributed by atoms with E-state index in [2.05, 4.69) is 15.3 Å². The van der Waals surface area contributed by atoms with Crippen molar-refractivity contribution in [1.29, 1.82) is 0 Å². The Morgan fingerprint density at radius 3 is 2.57 bits per heavy atom. The van der Waals surface area contributed by atoms with E-state index in [1.807, 2.05) is 13.0 Å². The summed E-state index contributed by atoms with van der Waals surface area (Å²) in [6.07, 6.45) is 3.49. The second-order valence-electron chi connectivity index (χ2n) is 4.46. The molecule has 0 fully saturated rings. The van der Waals surface area contributed by atoms with Crippen molar-refractivity contribution in [3.8, 4) is 5.75 Å². The van der Waals surface area contributed by atoms with Gasteiger partial charge in [0.15, 0.2) is 0 Å². The van der Waals surface area contributed by atoms with Crippen LogP contribution in [0.25, 0.3) is 0 Å². The molecule has 0 aliphatic rings. The SMILES string of the molecule is COC(=O)c1ccc(CNc2ncc(C)cn2)cc1OC. The predicted molar refractivity (Wildman–Crippen MR) is 78.4 cm³/mol. The standard InChI is InChI=1S/C15H17N3O3/c1-10-7-16-15(17-8-10)18-9-11-4-5-12(14(19)21-3)13(6-11)20-2/h4-8H,9H2,1-3H3,(H,16,17,18). The van der Waals surface area contributed by atoms with Gasteiger partial charge in [-0.3, -0.25) is 0 Å². The lowest BCUT2D eigenvalue weighted by atomic mass is 10.1. The van der Waals surface area contributed by atoms with Crippen molar-refractivity contribution in [2.24, 2.45) is 0 Å². The summed E-state index contributed by atoms with van der Waals surface area (Å²) >= 11 is 0. The number of anilines is 1. The van der Waals surface area contributed by atoms with E-state index in [0.29, 0.717) is 23.8 Å². The fourth-order valence-electron chi connectivity index (χ4n) is 1.79. The quantitative estimate of drug-likeness (QED) is 0.850. The number of carbonyl (C=O) groups is 1. The third-order valence-corrected chi connectivity index (χ3v) is 2.90. The molecule has 1 aromatic heterocycles. The van der Waals surface area contributed by atoms with Gasteiger partial charge in [-0.1, -0.05) is 6.07 Å². The van der Waals surface area contributed by atoms with Gasteiger partial charge in [-0.05, 0) is 30.2 Å². The Morgan fingerprint density at radius 2 is 1.95 bits per heavy atom. The number of esters is 1. The number of carbonyl (C=O) groups excluding carboxylic acids is 1. The van der Waals surface area contributed by atoms with Gasteiger partial charge in [0.1, 0.15) is 11.3 Å². The van der Waals surface area contributed by atoms with E-state index in [9.17, 15) is 4.79 Å². The monoisotopic (exact) mass is 287 g/mol.